The first kappa shape index (κ1) is 22.6. The van der Waals surface area contributed by atoms with Crippen molar-refractivity contribution in [1.29, 1.82) is 0 Å². The third-order valence-corrected chi connectivity index (χ3v) is 4.69. The molecule has 1 heterocycles. The Kier molecular flexibility index (Phi) is 7.59. The molecule has 8 heteroatoms. The lowest BCUT2D eigenvalue weighted by Crippen LogP contribution is -2.46. The van der Waals surface area contributed by atoms with Crippen LogP contribution in [0.5, 0.6) is 11.5 Å². The summed E-state index contributed by atoms with van der Waals surface area (Å²) in [5.41, 5.74) is 0.0319. The maximum Gasteiger partial charge on any atom is 0.410 e. The molecule has 1 atom stereocenters. The zero-order valence-electron chi connectivity index (χ0n) is 18.3. The van der Waals surface area contributed by atoms with Crippen molar-refractivity contribution in [3.63, 3.8) is 0 Å². The van der Waals surface area contributed by atoms with Crippen LogP contribution in [-0.2, 0) is 4.74 Å². The van der Waals surface area contributed by atoms with E-state index in [1.807, 2.05) is 20.8 Å². The summed E-state index contributed by atoms with van der Waals surface area (Å²) in [5, 5.41) is 2.91. The molecule has 1 unspecified atom stereocenters. The van der Waals surface area contributed by atoms with Crippen molar-refractivity contribution >= 4 is 17.8 Å². The van der Waals surface area contributed by atoms with Crippen molar-refractivity contribution in [2.75, 3.05) is 46.2 Å². The number of urea groups is 1. The minimum Gasteiger partial charge on any atom is -0.497 e. The fourth-order valence-electron chi connectivity index (χ4n) is 3.31. The van der Waals surface area contributed by atoms with Crippen molar-refractivity contribution in [3.8, 4) is 11.5 Å². The van der Waals surface area contributed by atoms with Gasteiger partial charge in [-0.2, -0.15) is 0 Å². The average Bonchev–Trinajstić information content (AvgIpc) is 2.66. The average molecular weight is 408 g/mol. The van der Waals surface area contributed by atoms with Crippen LogP contribution in [0.4, 0.5) is 15.3 Å². The number of rotatable bonds is 5. The second-order valence-corrected chi connectivity index (χ2v) is 8.31. The van der Waals surface area contributed by atoms with E-state index in [1.165, 1.54) is 0 Å². The Morgan fingerprint density at radius 3 is 2.59 bits per heavy atom. The van der Waals surface area contributed by atoms with Crippen LogP contribution in [0, 0.1) is 5.92 Å². The molecular formula is C21H33N3O5. The summed E-state index contributed by atoms with van der Waals surface area (Å²) in [6, 6.07) is 5.07. The number of hydrogen-bond acceptors (Lipinski definition) is 5. The van der Waals surface area contributed by atoms with Gasteiger partial charge in [-0.1, -0.05) is 0 Å². The highest BCUT2D eigenvalue weighted by molar-refractivity contribution is 5.91. The molecule has 0 aromatic heterocycles. The molecule has 1 aromatic carbocycles. The quantitative estimate of drug-likeness (QED) is 0.803. The maximum atomic E-state index is 12.8. The maximum absolute atomic E-state index is 12.8. The van der Waals surface area contributed by atoms with Gasteiger partial charge in [0.15, 0.2) is 0 Å². The summed E-state index contributed by atoms with van der Waals surface area (Å²) in [4.78, 5) is 28.4. The molecule has 1 fully saturated rings. The van der Waals surface area contributed by atoms with Gasteiger partial charge >= 0.3 is 12.1 Å². The van der Waals surface area contributed by atoms with E-state index in [9.17, 15) is 9.59 Å². The molecule has 0 radical (unpaired) electrons. The first-order valence-electron chi connectivity index (χ1n) is 9.85. The SMILES string of the molecule is COc1ccc(OC)c(NC(=O)N2CCCC(CN(C)C(=O)OC(C)(C)C)C2)c1. The number of methoxy groups -OCH3 is 2. The van der Waals surface area contributed by atoms with E-state index in [1.54, 1.807) is 49.3 Å². The lowest BCUT2D eigenvalue weighted by molar-refractivity contribution is 0.0253. The Balaban J connectivity index is 1.96. The lowest BCUT2D eigenvalue weighted by atomic mass is 9.98. The smallest absolute Gasteiger partial charge is 0.410 e. The Morgan fingerprint density at radius 1 is 1.24 bits per heavy atom. The van der Waals surface area contributed by atoms with E-state index in [2.05, 4.69) is 5.32 Å². The van der Waals surface area contributed by atoms with Gasteiger partial charge in [0.1, 0.15) is 17.1 Å². The number of amides is 3. The summed E-state index contributed by atoms with van der Waals surface area (Å²) in [5.74, 6) is 1.40. The minimum absolute atomic E-state index is 0.193. The Labute approximate surface area is 173 Å². The van der Waals surface area contributed by atoms with Crippen molar-refractivity contribution < 1.29 is 23.8 Å². The predicted molar refractivity (Wildman–Crippen MR) is 112 cm³/mol. The summed E-state index contributed by atoms with van der Waals surface area (Å²) in [6.07, 6.45) is 1.50. The number of nitrogens with one attached hydrogen (secondary N) is 1. The van der Waals surface area contributed by atoms with Gasteiger partial charge in [-0.05, 0) is 51.7 Å². The van der Waals surface area contributed by atoms with Crippen LogP contribution in [0.3, 0.4) is 0 Å². The number of benzene rings is 1. The highest BCUT2D eigenvalue weighted by Gasteiger charge is 2.27. The van der Waals surface area contributed by atoms with Crippen molar-refractivity contribution in [2.45, 2.75) is 39.2 Å². The molecule has 8 nitrogen and oxygen atoms in total. The van der Waals surface area contributed by atoms with Gasteiger partial charge in [-0.3, -0.25) is 0 Å². The van der Waals surface area contributed by atoms with Crippen LogP contribution in [0.2, 0.25) is 0 Å². The molecule has 0 saturated carbocycles. The number of ether oxygens (including phenoxy) is 3. The molecule has 1 N–H and O–H groups in total. The molecule has 0 spiro atoms. The topological polar surface area (TPSA) is 80.3 Å². The van der Waals surface area contributed by atoms with Crippen LogP contribution in [-0.4, -0.2) is 68.4 Å². The molecule has 2 rings (SSSR count). The van der Waals surface area contributed by atoms with Crippen LogP contribution < -0.4 is 14.8 Å². The van der Waals surface area contributed by atoms with E-state index >= 15 is 0 Å². The number of piperidine rings is 1. The number of carbonyl (C=O) groups excluding carboxylic acids is 2. The number of likely N-dealkylation sites (tertiary alicyclic amines) is 1. The lowest BCUT2D eigenvalue weighted by Gasteiger charge is -2.35. The Bertz CT molecular complexity index is 717. The molecule has 1 saturated heterocycles. The van der Waals surface area contributed by atoms with Crippen molar-refractivity contribution in [1.82, 2.24) is 9.80 Å². The van der Waals surface area contributed by atoms with Gasteiger partial charge in [-0.15, -0.1) is 0 Å². The summed E-state index contributed by atoms with van der Waals surface area (Å²) in [6.45, 7) is 7.33. The Morgan fingerprint density at radius 2 is 1.97 bits per heavy atom. The summed E-state index contributed by atoms with van der Waals surface area (Å²) >= 11 is 0. The van der Waals surface area contributed by atoms with Gasteiger partial charge in [0, 0.05) is 32.7 Å². The van der Waals surface area contributed by atoms with Gasteiger partial charge < -0.3 is 29.3 Å². The minimum atomic E-state index is -0.528. The number of anilines is 1. The number of carbonyl (C=O) groups is 2. The molecule has 1 aromatic rings. The van der Waals surface area contributed by atoms with E-state index in [0.717, 1.165) is 12.8 Å². The Hall–Kier alpha value is -2.64. The van der Waals surface area contributed by atoms with Gasteiger partial charge in [0.05, 0.1) is 19.9 Å². The normalized spacial score (nSPS) is 16.8. The van der Waals surface area contributed by atoms with Crippen molar-refractivity contribution in [3.05, 3.63) is 18.2 Å². The largest absolute Gasteiger partial charge is 0.497 e. The van der Waals surface area contributed by atoms with Gasteiger partial charge in [0.25, 0.3) is 0 Å². The first-order chi connectivity index (χ1) is 13.6. The molecule has 1 aliphatic rings. The number of nitrogens with zero attached hydrogens (tertiary/aromatic N) is 2. The summed E-state index contributed by atoms with van der Waals surface area (Å²) in [7, 11) is 4.86. The molecule has 0 bridgehead atoms. The van der Waals surface area contributed by atoms with Gasteiger partial charge in [-0.25, -0.2) is 9.59 Å². The third kappa shape index (κ3) is 6.73. The molecule has 0 aliphatic carbocycles. The molecule has 1 aliphatic heterocycles. The number of hydrogen-bond donors (Lipinski definition) is 1. The monoisotopic (exact) mass is 407 g/mol. The van der Waals surface area contributed by atoms with E-state index < -0.39 is 5.60 Å². The van der Waals surface area contributed by atoms with E-state index in [4.69, 9.17) is 14.2 Å². The fourth-order valence-corrected chi connectivity index (χ4v) is 3.31. The third-order valence-electron chi connectivity index (χ3n) is 4.69. The molecule has 3 amide bonds. The first-order valence-corrected chi connectivity index (χ1v) is 9.85. The highest BCUT2D eigenvalue weighted by Crippen LogP contribution is 2.29. The highest BCUT2D eigenvalue weighted by atomic mass is 16.6. The molecule has 162 valence electrons. The van der Waals surface area contributed by atoms with Crippen LogP contribution in [0.1, 0.15) is 33.6 Å². The molecule has 29 heavy (non-hydrogen) atoms. The molecular weight excluding hydrogens is 374 g/mol. The zero-order valence-corrected chi connectivity index (χ0v) is 18.3. The van der Waals surface area contributed by atoms with E-state index in [0.29, 0.717) is 36.8 Å². The van der Waals surface area contributed by atoms with E-state index in [-0.39, 0.29) is 18.0 Å². The van der Waals surface area contributed by atoms with Gasteiger partial charge in [0.2, 0.25) is 0 Å². The fraction of sp³-hybridized carbons (Fsp3) is 0.619. The van der Waals surface area contributed by atoms with Crippen LogP contribution in [0.25, 0.3) is 0 Å². The summed E-state index contributed by atoms with van der Waals surface area (Å²) < 4.78 is 16.0. The standard InChI is InChI=1S/C21H33N3O5/c1-21(2,3)29-20(26)23(4)13-15-8-7-11-24(14-15)19(25)22-17-12-16(27-5)9-10-18(17)28-6/h9-10,12,15H,7-8,11,13-14H2,1-6H3,(H,22,25). The second-order valence-electron chi connectivity index (χ2n) is 8.31. The zero-order chi connectivity index (χ0) is 21.6. The van der Waals surface area contributed by atoms with Crippen LogP contribution in [0.15, 0.2) is 18.2 Å². The predicted octanol–water partition coefficient (Wildman–Crippen LogP) is 3.81. The second kappa shape index (κ2) is 9.71. The van der Waals surface area contributed by atoms with Crippen LogP contribution >= 0.6 is 0 Å². The van der Waals surface area contributed by atoms with Crippen molar-refractivity contribution in [2.24, 2.45) is 5.92 Å².